The van der Waals surface area contributed by atoms with Crippen molar-refractivity contribution in [3.05, 3.63) is 11.6 Å². The third-order valence-corrected chi connectivity index (χ3v) is 3.51. The van der Waals surface area contributed by atoms with Crippen LogP contribution in [0.2, 0.25) is 0 Å². The quantitative estimate of drug-likeness (QED) is 0.229. The average molecular weight is 252 g/mol. The van der Waals surface area contributed by atoms with Crippen molar-refractivity contribution >= 4 is 6.29 Å². The van der Waals surface area contributed by atoms with Crippen molar-refractivity contribution in [1.29, 1.82) is 0 Å². The molecule has 0 aromatic rings. The van der Waals surface area contributed by atoms with E-state index in [2.05, 4.69) is 13.8 Å². The molecule has 0 saturated heterocycles. The minimum Gasteiger partial charge on any atom is -0.299 e. The molecule has 0 heterocycles. The smallest absolute Gasteiger partial charge is 0.142 e. The zero-order valence-corrected chi connectivity index (χ0v) is 12.5. The van der Waals surface area contributed by atoms with Gasteiger partial charge in [-0.25, -0.2) is 0 Å². The molecule has 0 amide bonds. The van der Waals surface area contributed by atoms with E-state index in [1.54, 1.807) is 6.08 Å². The van der Waals surface area contributed by atoms with Crippen LogP contribution in [-0.2, 0) is 4.79 Å². The Morgan fingerprint density at radius 2 is 1.17 bits per heavy atom. The summed E-state index contributed by atoms with van der Waals surface area (Å²) in [7, 11) is 0. The molecule has 0 N–H and O–H groups in total. The van der Waals surface area contributed by atoms with Crippen molar-refractivity contribution in [1.82, 2.24) is 0 Å². The molecule has 1 heteroatoms. The number of hydrogen-bond acceptors (Lipinski definition) is 1. The lowest BCUT2D eigenvalue weighted by atomic mass is 10.00. The number of unbranched alkanes of at least 4 members (excludes halogenated alkanes) is 8. The molecule has 0 radical (unpaired) electrons. The molecule has 0 aromatic carbocycles. The molecule has 0 fully saturated rings. The summed E-state index contributed by atoms with van der Waals surface area (Å²) >= 11 is 0. The molecule has 0 spiro atoms. The minimum atomic E-state index is 0.965. The third-order valence-electron chi connectivity index (χ3n) is 3.51. The molecule has 0 rings (SSSR count). The van der Waals surface area contributed by atoms with E-state index in [-0.39, 0.29) is 0 Å². The molecule has 0 aliphatic heterocycles. The zero-order chi connectivity index (χ0) is 13.5. The van der Waals surface area contributed by atoms with Gasteiger partial charge in [-0.15, -0.1) is 0 Å². The van der Waals surface area contributed by atoms with Gasteiger partial charge in [0, 0.05) is 0 Å². The van der Waals surface area contributed by atoms with Gasteiger partial charge in [-0.3, -0.25) is 4.79 Å². The van der Waals surface area contributed by atoms with E-state index in [1.165, 1.54) is 69.8 Å². The molecular weight excluding hydrogens is 220 g/mol. The predicted molar refractivity (Wildman–Crippen MR) is 80.9 cm³/mol. The molecule has 0 aliphatic carbocycles. The van der Waals surface area contributed by atoms with Gasteiger partial charge >= 0.3 is 0 Å². The van der Waals surface area contributed by atoms with Crippen molar-refractivity contribution < 1.29 is 4.79 Å². The lowest BCUT2D eigenvalue weighted by Gasteiger charge is -2.06. The molecule has 106 valence electrons. The number of hydrogen-bond donors (Lipinski definition) is 0. The summed E-state index contributed by atoms with van der Waals surface area (Å²) in [5.41, 5.74) is 1.37. The minimum absolute atomic E-state index is 0.965. The zero-order valence-electron chi connectivity index (χ0n) is 12.5. The second kappa shape index (κ2) is 14.5. The van der Waals surface area contributed by atoms with Crippen LogP contribution >= 0.6 is 0 Å². The van der Waals surface area contributed by atoms with Crippen molar-refractivity contribution in [2.24, 2.45) is 0 Å². The highest BCUT2D eigenvalue weighted by Crippen LogP contribution is 2.17. The lowest BCUT2D eigenvalue weighted by Crippen LogP contribution is -1.88. The SMILES string of the molecule is CCCCCCCCC(=CC=O)CCCCCC. The summed E-state index contributed by atoms with van der Waals surface area (Å²) in [5, 5.41) is 0. The van der Waals surface area contributed by atoms with Gasteiger partial charge in [0.1, 0.15) is 6.29 Å². The maximum Gasteiger partial charge on any atom is 0.142 e. The van der Waals surface area contributed by atoms with Crippen LogP contribution < -0.4 is 0 Å². The molecule has 0 aliphatic rings. The van der Waals surface area contributed by atoms with Crippen molar-refractivity contribution in [2.45, 2.75) is 90.9 Å². The summed E-state index contributed by atoms with van der Waals surface area (Å²) in [6.07, 6.45) is 18.2. The van der Waals surface area contributed by atoms with E-state index >= 15 is 0 Å². The number of aldehydes is 1. The molecule has 0 unspecified atom stereocenters. The summed E-state index contributed by atoms with van der Waals surface area (Å²) in [6.45, 7) is 4.49. The van der Waals surface area contributed by atoms with Gasteiger partial charge in [-0.2, -0.15) is 0 Å². The second-order valence-electron chi connectivity index (χ2n) is 5.29. The van der Waals surface area contributed by atoms with Crippen LogP contribution in [0.3, 0.4) is 0 Å². The number of carbonyl (C=O) groups excluding carboxylic acids is 1. The van der Waals surface area contributed by atoms with Crippen LogP contribution in [0, 0.1) is 0 Å². The highest BCUT2D eigenvalue weighted by Gasteiger charge is 1.98. The molecule has 0 saturated carbocycles. The molecule has 1 nitrogen and oxygen atoms in total. The fourth-order valence-electron chi connectivity index (χ4n) is 2.30. The van der Waals surface area contributed by atoms with Gasteiger partial charge in [0.25, 0.3) is 0 Å². The normalized spacial score (nSPS) is 11.8. The average Bonchev–Trinajstić information content (AvgIpc) is 2.38. The van der Waals surface area contributed by atoms with Crippen molar-refractivity contribution in [2.75, 3.05) is 0 Å². The first-order valence-electron chi connectivity index (χ1n) is 7.98. The third kappa shape index (κ3) is 11.9. The Hall–Kier alpha value is -0.590. The van der Waals surface area contributed by atoms with Gasteiger partial charge in [-0.05, 0) is 31.8 Å². The fraction of sp³-hybridized carbons (Fsp3) is 0.824. The Bertz CT molecular complexity index is 206. The Balaban J connectivity index is 3.57. The lowest BCUT2D eigenvalue weighted by molar-refractivity contribution is -0.104. The Labute approximate surface area is 114 Å². The van der Waals surface area contributed by atoms with E-state index in [0.29, 0.717) is 0 Å². The second-order valence-corrected chi connectivity index (χ2v) is 5.29. The van der Waals surface area contributed by atoms with E-state index in [4.69, 9.17) is 0 Å². The summed E-state index contributed by atoms with van der Waals surface area (Å²) in [5.74, 6) is 0. The van der Waals surface area contributed by atoms with Crippen LogP contribution in [-0.4, -0.2) is 6.29 Å². The highest BCUT2D eigenvalue weighted by atomic mass is 16.1. The molecule has 18 heavy (non-hydrogen) atoms. The highest BCUT2D eigenvalue weighted by molar-refractivity contribution is 5.66. The molecular formula is C17H32O. The van der Waals surface area contributed by atoms with Crippen molar-refractivity contribution in [3.63, 3.8) is 0 Å². The van der Waals surface area contributed by atoms with Crippen LogP contribution in [0.5, 0.6) is 0 Å². The first-order valence-corrected chi connectivity index (χ1v) is 7.98. The van der Waals surface area contributed by atoms with Crippen LogP contribution in [0.1, 0.15) is 90.9 Å². The summed E-state index contributed by atoms with van der Waals surface area (Å²) in [6, 6.07) is 0. The van der Waals surface area contributed by atoms with Gasteiger partial charge in [0.2, 0.25) is 0 Å². The van der Waals surface area contributed by atoms with Crippen molar-refractivity contribution in [3.8, 4) is 0 Å². The number of allylic oxidation sites excluding steroid dienone is 2. The molecule has 0 aromatic heterocycles. The van der Waals surface area contributed by atoms with E-state index < -0.39 is 0 Å². The topological polar surface area (TPSA) is 17.1 Å². The van der Waals surface area contributed by atoms with E-state index in [0.717, 1.165) is 19.1 Å². The summed E-state index contributed by atoms with van der Waals surface area (Å²) in [4.78, 5) is 10.6. The van der Waals surface area contributed by atoms with Crippen LogP contribution in [0.25, 0.3) is 0 Å². The Kier molecular flexibility index (Phi) is 14.0. The number of rotatable bonds is 13. The predicted octanol–water partition coefficient (Wildman–Crippen LogP) is 5.83. The number of carbonyl (C=O) groups is 1. The van der Waals surface area contributed by atoms with Crippen LogP contribution in [0.15, 0.2) is 11.6 Å². The van der Waals surface area contributed by atoms with E-state index in [1.807, 2.05) is 0 Å². The van der Waals surface area contributed by atoms with Gasteiger partial charge in [-0.1, -0.05) is 70.8 Å². The fourth-order valence-corrected chi connectivity index (χ4v) is 2.30. The molecule has 0 bridgehead atoms. The molecule has 0 atom stereocenters. The van der Waals surface area contributed by atoms with Gasteiger partial charge in [0.15, 0.2) is 0 Å². The Morgan fingerprint density at radius 1 is 0.722 bits per heavy atom. The largest absolute Gasteiger partial charge is 0.299 e. The van der Waals surface area contributed by atoms with Gasteiger partial charge < -0.3 is 0 Å². The monoisotopic (exact) mass is 252 g/mol. The first kappa shape index (κ1) is 17.4. The maximum atomic E-state index is 10.6. The van der Waals surface area contributed by atoms with Crippen LogP contribution in [0.4, 0.5) is 0 Å². The first-order chi connectivity index (χ1) is 8.85. The summed E-state index contributed by atoms with van der Waals surface area (Å²) < 4.78 is 0. The standard InChI is InChI=1S/C17H32O/c1-3-5-7-9-10-12-14-17(15-16-18)13-11-8-6-4-2/h15-16H,3-14H2,1-2H3. The Morgan fingerprint density at radius 3 is 1.67 bits per heavy atom. The van der Waals surface area contributed by atoms with E-state index in [9.17, 15) is 4.79 Å². The maximum absolute atomic E-state index is 10.6. The van der Waals surface area contributed by atoms with Gasteiger partial charge in [0.05, 0.1) is 0 Å².